The number of amidine groups is 1. The molecule has 0 radical (unpaired) electrons. The van der Waals surface area contributed by atoms with Crippen LogP contribution in [0.5, 0.6) is 5.75 Å². The first-order valence-electron chi connectivity index (χ1n) is 6.62. The number of thioether (sulfide) groups is 1. The summed E-state index contributed by atoms with van der Waals surface area (Å²) < 4.78 is 5.13. The van der Waals surface area contributed by atoms with Gasteiger partial charge in [0.2, 0.25) is 0 Å². The Hall–Kier alpha value is -1.95. The monoisotopic (exact) mass is 306 g/mol. The van der Waals surface area contributed by atoms with Gasteiger partial charge in [-0.15, -0.1) is 0 Å². The Bertz CT molecular complexity index is 593. The lowest BCUT2D eigenvalue weighted by atomic mass is 9.97. The zero-order valence-electron chi connectivity index (χ0n) is 12.2. The number of rotatable bonds is 4. The predicted octanol–water partition coefficient (Wildman–Crippen LogP) is 2.81. The fraction of sp³-hybridized carbons (Fsp3) is 0.333. The number of ether oxygens (including phenoxy) is 1. The van der Waals surface area contributed by atoms with Crippen LogP contribution in [0.2, 0.25) is 0 Å². The second kappa shape index (κ2) is 6.67. The van der Waals surface area contributed by atoms with Gasteiger partial charge in [0.15, 0.2) is 5.17 Å². The lowest BCUT2D eigenvalue weighted by Gasteiger charge is -2.24. The molecule has 1 aliphatic heterocycles. The van der Waals surface area contributed by atoms with Crippen molar-refractivity contribution in [2.75, 3.05) is 12.9 Å². The smallest absolute Gasteiger partial charge is 0.335 e. The summed E-state index contributed by atoms with van der Waals surface area (Å²) in [6.07, 6.45) is 0. The van der Waals surface area contributed by atoms with Crippen molar-refractivity contribution in [2.45, 2.75) is 19.9 Å². The molecule has 1 aliphatic rings. The first kappa shape index (κ1) is 15.4. The van der Waals surface area contributed by atoms with Crippen LogP contribution >= 0.6 is 11.8 Å². The van der Waals surface area contributed by atoms with Crippen molar-refractivity contribution in [1.29, 1.82) is 0 Å². The Morgan fingerprint density at radius 1 is 1.43 bits per heavy atom. The third kappa shape index (κ3) is 3.39. The third-order valence-corrected chi connectivity index (χ3v) is 3.93. The second-order valence-corrected chi connectivity index (χ2v) is 5.76. The second-order valence-electron chi connectivity index (χ2n) is 4.51. The molecule has 2 rings (SSSR count). The number of hydrogen-bond donors (Lipinski definition) is 2. The molecule has 1 heterocycles. The summed E-state index contributed by atoms with van der Waals surface area (Å²) in [5.74, 6) is 0.652. The summed E-state index contributed by atoms with van der Waals surface area (Å²) in [6, 6.07) is 6.83. The Kier molecular flexibility index (Phi) is 4.90. The molecule has 1 aromatic carbocycles. The number of carboxylic acids is 1. The number of nitrogens with one attached hydrogen (secondary N) is 1. The van der Waals surface area contributed by atoms with E-state index in [0.29, 0.717) is 5.70 Å². The molecular weight excluding hydrogens is 288 g/mol. The Labute approximate surface area is 128 Å². The highest BCUT2D eigenvalue weighted by Gasteiger charge is 2.28. The number of aliphatic carboxylic acids is 1. The van der Waals surface area contributed by atoms with Crippen LogP contribution in [0.15, 0.2) is 40.5 Å². The van der Waals surface area contributed by atoms with Crippen LogP contribution in [0.3, 0.4) is 0 Å². The number of carboxylic acid groups (broad SMARTS) is 1. The van der Waals surface area contributed by atoms with E-state index in [9.17, 15) is 9.90 Å². The first-order chi connectivity index (χ1) is 10.1. The van der Waals surface area contributed by atoms with Crippen molar-refractivity contribution >= 4 is 22.9 Å². The van der Waals surface area contributed by atoms with Gasteiger partial charge in [0, 0.05) is 5.70 Å². The maximum absolute atomic E-state index is 11.5. The van der Waals surface area contributed by atoms with E-state index in [-0.39, 0.29) is 5.57 Å². The lowest BCUT2D eigenvalue weighted by Crippen LogP contribution is -2.29. The number of benzene rings is 1. The summed E-state index contributed by atoms with van der Waals surface area (Å²) in [7, 11) is 1.60. The van der Waals surface area contributed by atoms with Crippen LogP contribution in [-0.2, 0) is 4.79 Å². The topological polar surface area (TPSA) is 70.9 Å². The minimum Gasteiger partial charge on any atom is -0.497 e. The van der Waals surface area contributed by atoms with Crippen molar-refractivity contribution in [2.24, 2.45) is 4.99 Å². The SMILES string of the molecule is CCSC1=NC(c2ccc(OC)cc2)C(C(=O)O)=C(C)N1. The van der Waals surface area contributed by atoms with Crippen molar-refractivity contribution in [3.05, 3.63) is 41.1 Å². The molecule has 112 valence electrons. The summed E-state index contributed by atoms with van der Waals surface area (Å²) in [5.41, 5.74) is 1.75. The van der Waals surface area contributed by atoms with E-state index in [1.807, 2.05) is 31.2 Å². The molecular formula is C15H18N2O3S. The van der Waals surface area contributed by atoms with E-state index in [0.717, 1.165) is 22.2 Å². The van der Waals surface area contributed by atoms with E-state index in [1.165, 1.54) is 0 Å². The van der Waals surface area contributed by atoms with Crippen molar-refractivity contribution < 1.29 is 14.6 Å². The Morgan fingerprint density at radius 2 is 2.10 bits per heavy atom. The standard InChI is InChI=1S/C15H18N2O3S/c1-4-21-15-16-9(2)12(14(18)19)13(17-15)10-5-7-11(20-3)8-6-10/h5-8,13H,4H2,1-3H3,(H,16,17)(H,18,19). The van der Waals surface area contributed by atoms with Gasteiger partial charge in [-0.3, -0.25) is 0 Å². The highest BCUT2D eigenvalue weighted by molar-refractivity contribution is 8.13. The maximum atomic E-state index is 11.5. The molecule has 0 fully saturated rings. The molecule has 0 bridgehead atoms. The van der Waals surface area contributed by atoms with E-state index >= 15 is 0 Å². The average Bonchev–Trinajstić information content (AvgIpc) is 2.46. The van der Waals surface area contributed by atoms with Crippen LogP contribution in [0.1, 0.15) is 25.5 Å². The molecule has 1 aromatic rings. The van der Waals surface area contributed by atoms with Gasteiger partial charge in [-0.2, -0.15) is 0 Å². The molecule has 0 saturated heterocycles. The molecule has 21 heavy (non-hydrogen) atoms. The number of methoxy groups -OCH3 is 1. The van der Waals surface area contributed by atoms with E-state index in [4.69, 9.17) is 4.74 Å². The summed E-state index contributed by atoms with van der Waals surface area (Å²) in [6.45, 7) is 3.80. The number of hydrogen-bond acceptors (Lipinski definition) is 5. The number of allylic oxidation sites excluding steroid dienone is 1. The largest absolute Gasteiger partial charge is 0.497 e. The number of carbonyl (C=O) groups is 1. The minimum atomic E-state index is -0.954. The van der Waals surface area contributed by atoms with Gasteiger partial charge in [-0.1, -0.05) is 30.8 Å². The molecule has 0 saturated carbocycles. The normalized spacial score (nSPS) is 18.0. The van der Waals surface area contributed by atoms with Gasteiger partial charge in [-0.05, 0) is 30.4 Å². The summed E-state index contributed by atoms with van der Waals surface area (Å²) >= 11 is 1.56. The summed E-state index contributed by atoms with van der Waals surface area (Å²) in [5, 5.41) is 13.3. The van der Waals surface area contributed by atoms with Gasteiger partial charge < -0.3 is 15.2 Å². The fourth-order valence-corrected chi connectivity index (χ4v) is 2.84. The quantitative estimate of drug-likeness (QED) is 0.895. The molecule has 0 spiro atoms. The number of aliphatic imine (C=N–C) groups is 1. The van der Waals surface area contributed by atoms with Crippen LogP contribution in [0.25, 0.3) is 0 Å². The molecule has 0 aliphatic carbocycles. The molecule has 1 atom stereocenters. The highest BCUT2D eigenvalue weighted by atomic mass is 32.2. The van der Waals surface area contributed by atoms with Crippen LogP contribution < -0.4 is 10.1 Å². The molecule has 5 nitrogen and oxygen atoms in total. The van der Waals surface area contributed by atoms with Crippen molar-refractivity contribution in [1.82, 2.24) is 5.32 Å². The Balaban J connectivity index is 2.42. The van der Waals surface area contributed by atoms with Crippen LogP contribution in [0.4, 0.5) is 0 Å². The lowest BCUT2D eigenvalue weighted by molar-refractivity contribution is -0.133. The van der Waals surface area contributed by atoms with Gasteiger partial charge in [0.1, 0.15) is 11.8 Å². The highest BCUT2D eigenvalue weighted by Crippen LogP contribution is 2.32. The zero-order valence-corrected chi connectivity index (χ0v) is 13.0. The van der Waals surface area contributed by atoms with Gasteiger partial charge in [0.25, 0.3) is 0 Å². The van der Waals surface area contributed by atoms with Crippen LogP contribution in [-0.4, -0.2) is 29.1 Å². The average molecular weight is 306 g/mol. The molecule has 0 aromatic heterocycles. The van der Waals surface area contributed by atoms with E-state index in [2.05, 4.69) is 10.3 Å². The third-order valence-electron chi connectivity index (χ3n) is 3.16. The zero-order chi connectivity index (χ0) is 15.4. The molecule has 2 N–H and O–H groups in total. The fourth-order valence-electron chi connectivity index (χ4n) is 2.16. The molecule has 1 unspecified atom stereocenters. The van der Waals surface area contributed by atoms with Gasteiger partial charge in [-0.25, -0.2) is 9.79 Å². The first-order valence-corrected chi connectivity index (χ1v) is 7.61. The van der Waals surface area contributed by atoms with E-state index < -0.39 is 12.0 Å². The van der Waals surface area contributed by atoms with Crippen LogP contribution in [0, 0.1) is 0 Å². The van der Waals surface area contributed by atoms with Crippen molar-refractivity contribution in [3.63, 3.8) is 0 Å². The van der Waals surface area contributed by atoms with E-state index in [1.54, 1.807) is 25.8 Å². The van der Waals surface area contributed by atoms with Crippen molar-refractivity contribution in [3.8, 4) is 5.75 Å². The molecule has 6 heteroatoms. The molecule has 0 amide bonds. The predicted molar refractivity (Wildman–Crippen MR) is 84.8 cm³/mol. The Morgan fingerprint density at radius 3 is 2.62 bits per heavy atom. The number of nitrogens with zero attached hydrogens (tertiary/aromatic N) is 1. The van der Waals surface area contributed by atoms with Gasteiger partial charge in [0.05, 0.1) is 12.7 Å². The minimum absolute atomic E-state index is 0.278. The van der Waals surface area contributed by atoms with Gasteiger partial charge >= 0.3 is 5.97 Å². The summed E-state index contributed by atoms with van der Waals surface area (Å²) in [4.78, 5) is 16.1. The maximum Gasteiger partial charge on any atom is 0.335 e.